The Morgan fingerprint density at radius 2 is 2.07 bits per heavy atom. The average molecular weight is 277 g/mol. The molecule has 2 N–H and O–H groups in total. The van der Waals surface area contributed by atoms with Crippen LogP contribution in [0.4, 0.5) is 0 Å². The highest BCUT2D eigenvalue weighted by molar-refractivity contribution is 7.54. The third-order valence-corrected chi connectivity index (χ3v) is 4.72. The van der Waals surface area contributed by atoms with Crippen LogP contribution in [0.2, 0.25) is 0 Å². The summed E-state index contributed by atoms with van der Waals surface area (Å²) in [5.41, 5.74) is 0. The van der Waals surface area contributed by atoms with Gasteiger partial charge in [0.05, 0.1) is 6.61 Å². The van der Waals surface area contributed by atoms with E-state index in [9.17, 15) is 4.57 Å². The van der Waals surface area contributed by atoms with Crippen molar-refractivity contribution in [3.8, 4) is 0 Å². The first-order valence-electron chi connectivity index (χ1n) is 4.68. The van der Waals surface area contributed by atoms with E-state index in [4.69, 9.17) is 32.8 Å². The molecule has 15 heavy (non-hydrogen) atoms. The fourth-order valence-electron chi connectivity index (χ4n) is 1.33. The normalized spacial score (nSPS) is 31.3. The van der Waals surface area contributed by atoms with Gasteiger partial charge in [-0.2, -0.15) is 0 Å². The molecule has 1 saturated heterocycles. The van der Waals surface area contributed by atoms with Gasteiger partial charge in [0.15, 0.2) is 0 Å². The molecule has 1 fully saturated rings. The quantitative estimate of drug-likeness (QED) is 0.557. The summed E-state index contributed by atoms with van der Waals surface area (Å²) in [5, 5.41) is 11.7. The molecule has 0 saturated carbocycles. The zero-order chi connectivity index (χ0) is 11.3. The molecule has 1 rings (SSSR count). The number of hydrogen-bond donors (Lipinski definition) is 2. The van der Waals surface area contributed by atoms with Crippen molar-refractivity contribution in [1.29, 1.82) is 0 Å². The highest BCUT2D eigenvalue weighted by Gasteiger charge is 2.39. The molecule has 0 aromatic rings. The molecule has 5 nitrogen and oxygen atoms in total. The Labute approximate surface area is 99.2 Å². The Morgan fingerprint density at radius 3 is 2.47 bits per heavy atom. The molecular weight excluding hydrogens is 262 g/mol. The summed E-state index contributed by atoms with van der Waals surface area (Å²) >= 11 is 11.2. The van der Waals surface area contributed by atoms with Crippen LogP contribution in [0.15, 0.2) is 0 Å². The number of aliphatic hydroxyl groups is 1. The third-order valence-electron chi connectivity index (χ3n) is 2.07. The van der Waals surface area contributed by atoms with Crippen LogP contribution in [0.1, 0.15) is 0 Å². The van der Waals surface area contributed by atoms with E-state index in [-0.39, 0.29) is 6.61 Å². The molecule has 2 atom stereocenters. The highest BCUT2D eigenvalue weighted by Crippen LogP contribution is 2.50. The first-order valence-corrected chi connectivity index (χ1v) is 7.32. The molecule has 0 spiro atoms. The maximum atomic E-state index is 12.2. The molecule has 1 aliphatic heterocycles. The van der Waals surface area contributed by atoms with E-state index >= 15 is 0 Å². The Bertz CT molecular complexity index is 238. The van der Waals surface area contributed by atoms with Crippen LogP contribution in [0.25, 0.3) is 0 Å². The summed E-state index contributed by atoms with van der Waals surface area (Å²) in [6.07, 6.45) is -0.413. The van der Waals surface area contributed by atoms with Gasteiger partial charge in [-0.3, -0.25) is 9.09 Å². The molecule has 1 aliphatic rings. The molecule has 90 valence electrons. The van der Waals surface area contributed by atoms with Crippen molar-refractivity contribution in [3.05, 3.63) is 0 Å². The van der Waals surface area contributed by atoms with Crippen LogP contribution in [0.3, 0.4) is 0 Å². The molecule has 8 heteroatoms. The summed E-state index contributed by atoms with van der Waals surface area (Å²) in [7, 11) is -3.03. The van der Waals surface area contributed by atoms with Gasteiger partial charge in [0.1, 0.15) is 6.10 Å². The van der Waals surface area contributed by atoms with Gasteiger partial charge >= 0.3 is 7.67 Å². The lowest BCUT2D eigenvalue weighted by Gasteiger charge is -2.25. The number of nitrogens with one attached hydrogen (secondary N) is 1. The van der Waals surface area contributed by atoms with E-state index in [1.807, 2.05) is 0 Å². The van der Waals surface area contributed by atoms with Crippen molar-refractivity contribution >= 4 is 30.9 Å². The third kappa shape index (κ3) is 3.56. The molecule has 0 amide bonds. The Balaban J connectivity index is 2.61. The van der Waals surface area contributed by atoms with Gasteiger partial charge in [-0.1, -0.05) is 0 Å². The smallest absolute Gasteiger partial charge is 0.343 e. The SMILES string of the molecule is O=P1(N(CCCl)CCCl)NCC(CO)O1. The zero-order valence-electron chi connectivity index (χ0n) is 8.23. The largest absolute Gasteiger partial charge is 0.394 e. The lowest BCUT2D eigenvalue weighted by Crippen LogP contribution is -2.29. The maximum absolute atomic E-state index is 12.2. The van der Waals surface area contributed by atoms with Crippen LogP contribution >= 0.6 is 30.9 Å². The second kappa shape index (κ2) is 6.40. The molecule has 0 aromatic carbocycles. The van der Waals surface area contributed by atoms with Gasteiger partial charge in [0.2, 0.25) is 0 Å². The topological polar surface area (TPSA) is 61.8 Å². The minimum absolute atomic E-state index is 0.146. The Kier molecular flexibility index (Phi) is 5.85. The van der Waals surface area contributed by atoms with Crippen LogP contribution in [-0.4, -0.2) is 53.9 Å². The molecule has 0 bridgehead atoms. The van der Waals surface area contributed by atoms with Gasteiger partial charge in [-0.15, -0.1) is 23.2 Å². The fraction of sp³-hybridized carbons (Fsp3) is 1.00. The lowest BCUT2D eigenvalue weighted by atomic mass is 10.4. The number of halogens is 2. The molecule has 2 unspecified atom stereocenters. The molecular formula is C7H15Cl2N2O3P. The monoisotopic (exact) mass is 276 g/mol. The van der Waals surface area contributed by atoms with Crippen molar-refractivity contribution in [2.45, 2.75) is 6.10 Å². The predicted octanol–water partition coefficient (Wildman–Crippen LogP) is 0.855. The second-order valence-corrected chi connectivity index (χ2v) is 6.01. The van der Waals surface area contributed by atoms with Gasteiger partial charge in [-0.05, 0) is 0 Å². The summed E-state index contributed by atoms with van der Waals surface area (Å²) < 4.78 is 19.1. The van der Waals surface area contributed by atoms with Crippen molar-refractivity contribution in [2.24, 2.45) is 0 Å². The lowest BCUT2D eigenvalue weighted by molar-refractivity contribution is 0.134. The van der Waals surface area contributed by atoms with Crippen LogP contribution < -0.4 is 5.09 Å². The summed E-state index contributed by atoms with van der Waals surface area (Å²) in [6.45, 7) is 1.12. The first kappa shape index (κ1) is 13.7. The van der Waals surface area contributed by atoms with E-state index in [1.54, 1.807) is 4.67 Å². The van der Waals surface area contributed by atoms with Gasteiger partial charge in [0, 0.05) is 31.4 Å². The van der Waals surface area contributed by atoms with Crippen molar-refractivity contribution < 1.29 is 14.2 Å². The molecule has 1 heterocycles. The first-order chi connectivity index (χ1) is 7.16. The van der Waals surface area contributed by atoms with E-state index < -0.39 is 13.8 Å². The molecule has 0 aliphatic carbocycles. The minimum Gasteiger partial charge on any atom is -0.394 e. The van der Waals surface area contributed by atoms with Crippen LogP contribution in [0.5, 0.6) is 0 Å². The number of hydrogen-bond acceptors (Lipinski definition) is 3. The number of aliphatic hydroxyl groups excluding tert-OH is 1. The summed E-state index contributed by atoms with van der Waals surface area (Å²) in [6, 6.07) is 0. The van der Waals surface area contributed by atoms with Crippen molar-refractivity contribution in [2.75, 3.05) is 38.0 Å². The van der Waals surface area contributed by atoms with E-state index in [2.05, 4.69) is 5.09 Å². The van der Waals surface area contributed by atoms with E-state index in [1.165, 1.54) is 0 Å². The van der Waals surface area contributed by atoms with Gasteiger partial charge in [-0.25, -0.2) is 9.76 Å². The predicted molar refractivity (Wildman–Crippen MR) is 60.6 cm³/mol. The Morgan fingerprint density at radius 1 is 1.47 bits per heavy atom. The van der Waals surface area contributed by atoms with E-state index in [0.29, 0.717) is 31.4 Å². The number of alkyl halides is 2. The highest BCUT2D eigenvalue weighted by atomic mass is 35.5. The molecule has 0 aromatic heterocycles. The van der Waals surface area contributed by atoms with Crippen LogP contribution in [0, 0.1) is 0 Å². The van der Waals surface area contributed by atoms with E-state index in [0.717, 1.165) is 0 Å². The maximum Gasteiger partial charge on any atom is 0.343 e. The second-order valence-electron chi connectivity index (χ2n) is 3.12. The average Bonchev–Trinajstić information content (AvgIpc) is 2.61. The molecule has 0 radical (unpaired) electrons. The van der Waals surface area contributed by atoms with Gasteiger partial charge in [0.25, 0.3) is 0 Å². The zero-order valence-corrected chi connectivity index (χ0v) is 10.6. The Hall–Kier alpha value is 0.650. The number of nitrogens with zero attached hydrogens (tertiary/aromatic N) is 1. The van der Waals surface area contributed by atoms with Crippen LogP contribution in [-0.2, 0) is 9.09 Å². The summed E-state index contributed by atoms with van der Waals surface area (Å²) in [4.78, 5) is 0. The van der Waals surface area contributed by atoms with Crippen molar-refractivity contribution in [1.82, 2.24) is 9.76 Å². The van der Waals surface area contributed by atoms with Gasteiger partial charge < -0.3 is 5.11 Å². The fourth-order valence-corrected chi connectivity index (χ4v) is 4.09. The minimum atomic E-state index is -3.03. The standard InChI is InChI=1S/C7H15Cl2N2O3P/c8-1-3-11(4-2-9)15(13)10-5-7(6-12)14-15/h7,12H,1-6H2,(H,10,13). The number of rotatable bonds is 6. The summed E-state index contributed by atoms with van der Waals surface area (Å²) in [5.74, 6) is 0.714. The van der Waals surface area contributed by atoms with Crippen molar-refractivity contribution in [3.63, 3.8) is 0 Å².